The van der Waals surface area contributed by atoms with Crippen LogP contribution in [0.5, 0.6) is 0 Å². The summed E-state index contributed by atoms with van der Waals surface area (Å²) in [5.41, 5.74) is -0.430. The fourth-order valence-electron chi connectivity index (χ4n) is 4.22. The van der Waals surface area contributed by atoms with E-state index in [0.29, 0.717) is 62.2 Å². The van der Waals surface area contributed by atoms with Gasteiger partial charge in [0.25, 0.3) is 23.6 Å². The van der Waals surface area contributed by atoms with Crippen molar-refractivity contribution in [2.45, 2.75) is 70.9 Å². The summed E-state index contributed by atoms with van der Waals surface area (Å²) in [5.74, 6) is -2.16. The molecule has 4 saturated heterocycles. The molecule has 0 aromatic carbocycles. The van der Waals surface area contributed by atoms with Crippen molar-refractivity contribution < 1.29 is 90.1 Å². The molecule has 0 aliphatic carbocycles. The van der Waals surface area contributed by atoms with Gasteiger partial charge in [0, 0.05) is 51.6 Å². The molecule has 0 radical (unpaired) electrons. The van der Waals surface area contributed by atoms with Crippen molar-refractivity contribution in [2.75, 3.05) is 39.5 Å². The first-order valence-electron chi connectivity index (χ1n) is 13.5. The third kappa shape index (κ3) is 12.3. The molecule has 0 aromatic rings. The summed E-state index contributed by atoms with van der Waals surface area (Å²) in [7, 11) is 0. The Morgan fingerprint density at radius 2 is 1.00 bits per heavy atom. The number of carbonyl (C=O) groups is 6. The zero-order valence-electron chi connectivity index (χ0n) is 25.6. The van der Waals surface area contributed by atoms with Crippen LogP contribution in [0.3, 0.4) is 0 Å². The maximum Gasteiger partial charge on any atom is 3.00 e. The quantitative estimate of drug-likeness (QED) is 0.190. The smallest absolute Gasteiger partial charge is 0.358 e. The second kappa shape index (κ2) is 20.7. The van der Waals surface area contributed by atoms with E-state index in [1.807, 2.05) is 0 Å². The molecular weight excluding hydrogens is 661 g/mol. The minimum absolute atomic E-state index is 0. The molecule has 2 N–H and O–H groups in total. The van der Waals surface area contributed by atoms with Gasteiger partial charge in [-0.1, -0.05) is 0 Å². The number of rotatable bonds is 10. The molecule has 4 rings (SSSR count). The topological polar surface area (TPSA) is 188 Å². The van der Waals surface area contributed by atoms with Crippen LogP contribution in [0.4, 0.5) is 9.59 Å². The van der Waals surface area contributed by atoms with Gasteiger partial charge in [-0.2, -0.15) is 6.92 Å². The van der Waals surface area contributed by atoms with Crippen LogP contribution in [-0.2, 0) is 80.5 Å². The van der Waals surface area contributed by atoms with Gasteiger partial charge in [0.2, 0.25) is 0 Å². The molecule has 246 valence electrons. The molecule has 4 aliphatic rings. The number of imide groups is 2. The Morgan fingerprint density at radius 3 is 1.30 bits per heavy atom. The van der Waals surface area contributed by atoms with Crippen LogP contribution in [-0.4, -0.2) is 98.0 Å². The summed E-state index contributed by atoms with van der Waals surface area (Å²) in [4.78, 5) is 78.8. The van der Waals surface area contributed by atoms with Crippen molar-refractivity contribution in [1.82, 2.24) is 20.8 Å². The van der Waals surface area contributed by atoms with Gasteiger partial charge in [-0.25, -0.2) is 9.59 Å². The Balaban J connectivity index is 0.00000362. The van der Waals surface area contributed by atoms with Gasteiger partial charge in [0.1, 0.15) is 0 Å². The summed E-state index contributed by atoms with van der Waals surface area (Å²) in [5, 5.41) is 5.93. The standard InChI is InChI=1S/C23H32N4O12.C2H5.2CH3.Y/c28-15-5-6-16(29)26(15)38-21(32)24-9-1-3-19-34-11-23(12-35-19)13-36-20(37-14-23)4-2-10-25-22(33)39-27-17(30)7-8-18(27)31;1-2;;;/h19-20H,1-14H2,(H,24,32)(H,25,33);1H2,2H3;2*1H3;/q;3*-1;+3. The van der Waals surface area contributed by atoms with E-state index in [1.54, 1.807) is 6.92 Å². The fourth-order valence-corrected chi connectivity index (χ4v) is 4.22. The van der Waals surface area contributed by atoms with Crippen molar-refractivity contribution in [3.05, 3.63) is 21.8 Å². The van der Waals surface area contributed by atoms with Crippen LogP contribution >= 0.6 is 0 Å². The van der Waals surface area contributed by atoms with Crippen molar-refractivity contribution in [1.29, 1.82) is 0 Å². The molecule has 4 fully saturated rings. The van der Waals surface area contributed by atoms with Gasteiger partial charge < -0.3 is 61.0 Å². The number of carbonyl (C=O) groups excluding carboxylic acids is 6. The first-order valence-corrected chi connectivity index (χ1v) is 13.5. The summed E-state index contributed by atoms with van der Waals surface area (Å²) < 4.78 is 23.2. The largest absolute Gasteiger partial charge is 3.00 e. The van der Waals surface area contributed by atoms with Gasteiger partial charge in [0.15, 0.2) is 12.6 Å². The van der Waals surface area contributed by atoms with Crippen molar-refractivity contribution in [3.63, 3.8) is 0 Å². The number of hydrogen-bond donors (Lipinski definition) is 2. The average molecular weight is 705 g/mol. The monoisotopic (exact) mass is 704 g/mol. The third-order valence-corrected chi connectivity index (χ3v) is 6.43. The van der Waals surface area contributed by atoms with E-state index in [4.69, 9.17) is 28.6 Å². The SMILES string of the molecule is O=C(NCCCC1OCC2(CO1)COC(CCCNC(=O)ON1C(=O)CCC1=O)OC2)ON1C(=O)CCC1=O.[CH2-]C.[CH3-].[CH3-].[Y+3]. The zero-order valence-corrected chi connectivity index (χ0v) is 28.5. The molecule has 0 aromatic heterocycles. The molecular formula is C27H43N4O12Y. The number of hydroxylamine groups is 4. The summed E-state index contributed by atoms with van der Waals surface area (Å²) in [6.45, 7) is 7.00. The molecule has 1 spiro atoms. The third-order valence-electron chi connectivity index (χ3n) is 6.43. The van der Waals surface area contributed by atoms with Gasteiger partial charge in [0.05, 0.1) is 31.8 Å². The Labute approximate surface area is 283 Å². The van der Waals surface area contributed by atoms with Crippen molar-refractivity contribution in [3.8, 4) is 0 Å². The molecule has 44 heavy (non-hydrogen) atoms. The summed E-state index contributed by atoms with van der Waals surface area (Å²) in [6.07, 6.45) is -0.456. The van der Waals surface area contributed by atoms with Crippen LogP contribution in [0.25, 0.3) is 0 Å². The number of amides is 6. The Hall–Kier alpha value is -2.24. The van der Waals surface area contributed by atoms with Crippen LogP contribution in [0, 0.1) is 27.2 Å². The fraction of sp³-hybridized carbons (Fsp3) is 0.667. The van der Waals surface area contributed by atoms with Crippen LogP contribution in [0.1, 0.15) is 58.3 Å². The van der Waals surface area contributed by atoms with E-state index in [1.165, 1.54) is 0 Å². The normalized spacial score (nSPS) is 24.3. The second-order valence-electron chi connectivity index (χ2n) is 9.66. The number of ether oxygens (including phenoxy) is 4. The predicted molar refractivity (Wildman–Crippen MR) is 147 cm³/mol. The first kappa shape index (κ1) is 41.8. The summed E-state index contributed by atoms with van der Waals surface area (Å²) in [6, 6.07) is 0. The molecule has 4 heterocycles. The maximum atomic E-state index is 11.7. The maximum absolute atomic E-state index is 11.7. The van der Waals surface area contributed by atoms with E-state index in [0.717, 1.165) is 0 Å². The molecule has 0 bridgehead atoms. The Morgan fingerprint density at radius 1 is 0.705 bits per heavy atom. The van der Waals surface area contributed by atoms with Gasteiger partial charge >= 0.3 is 44.9 Å². The van der Waals surface area contributed by atoms with Crippen molar-refractivity contribution in [2.24, 2.45) is 5.41 Å². The predicted octanol–water partition coefficient (Wildman–Crippen LogP) is 1.60. The van der Waals surface area contributed by atoms with Gasteiger partial charge in [-0.15, -0.1) is 10.1 Å². The van der Waals surface area contributed by atoms with Crippen LogP contribution in [0.15, 0.2) is 0 Å². The van der Waals surface area contributed by atoms with Crippen molar-refractivity contribution >= 4 is 35.8 Å². The zero-order chi connectivity index (χ0) is 29.8. The van der Waals surface area contributed by atoms with Gasteiger partial charge in [-0.05, 0) is 12.8 Å². The van der Waals surface area contributed by atoms with Gasteiger partial charge in [-0.3, -0.25) is 19.2 Å². The molecule has 4 aliphatic heterocycles. The van der Waals surface area contributed by atoms with E-state index in [2.05, 4.69) is 17.6 Å². The minimum Gasteiger partial charge on any atom is -0.358 e. The number of nitrogens with one attached hydrogen (secondary N) is 2. The molecule has 16 nitrogen and oxygen atoms in total. The minimum atomic E-state index is -0.875. The molecule has 17 heteroatoms. The van der Waals surface area contributed by atoms with E-state index >= 15 is 0 Å². The second-order valence-corrected chi connectivity index (χ2v) is 9.66. The number of hydrogen-bond acceptors (Lipinski definition) is 12. The molecule has 0 atom stereocenters. The summed E-state index contributed by atoms with van der Waals surface area (Å²) >= 11 is 0. The van der Waals surface area contributed by atoms with E-state index < -0.39 is 53.8 Å². The van der Waals surface area contributed by atoms with Crippen LogP contribution < -0.4 is 10.6 Å². The van der Waals surface area contributed by atoms with Crippen LogP contribution in [0.2, 0.25) is 0 Å². The molecule has 0 saturated carbocycles. The molecule has 6 amide bonds. The Kier molecular flexibility index (Phi) is 19.7. The number of nitrogens with zero attached hydrogens (tertiary/aromatic N) is 2. The van der Waals surface area contributed by atoms with E-state index in [9.17, 15) is 28.8 Å². The first-order chi connectivity index (χ1) is 19.7. The Bertz CT molecular complexity index is 857. The van der Waals surface area contributed by atoms with E-state index in [-0.39, 0.29) is 86.3 Å². The molecule has 0 unspecified atom stereocenters. The average Bonchev–Trinajstić information content (AvgIpc) is 3.47.